The number of nitrogens with one attached hydrogen (secondary N) is 1. The lowest BCUT2D eigenvalue weighted by molar-refractivity contribution is 0.0954. The molecule has 3 aromatic carbocycles. The summed E-state index contributed by atoms with van der Waals surface area (Å²) >= 11 is 0. The standard InChI is InChI=1S/C23H21FN2O/c24-21-9-5-17(6-10-21)13-14-25-23(27)18-7-11-22(12-8-18)26-15-19-3-1-2-4-20(19)16-26/h1-12H,13-16H2,(H,25,27). The maximum atomic E-state index is 12.9. The van der Waals surface area contributed by atoms with Gasteiger partial charge < -0.3 is 10.2 Å². The van der Waals surface area contributed by atoms with E-state index in [4.69, 9.17) is 0 Å². The third-order valence-corrected chi connectivity index (χ3v) is 4.95. The molecule has 0 unspecified atom stereocenters. The first-order valence-electron chi connectivity index (χ1n) is 9.13. The number of benzene rings is 3. The van der Waals surface area contributed by atoms with Crippen LogP contribution in [-0.2, 0) is 19.5 Å². The first-order chi connectivity index (χ1) is 13.2. The minimum absolute atomic E-state index is 0.0895. The molecule has 4 heteroatoms. The Morgan fingerprint density at radius 3 is 2.15 bits per heavy atom. The van der Waals surface area contributed by atoms with Crippen molar-refractivity contribution in [1.29, 1.82) is 0 Å². The topological polar surface area (TPSA) is 32.3 Å². The fraction of sp³-hybridized carbons (Fsp3) is 0.174. The summed E-state index contributed by atoms with van der Waals surface area (Å²) in [4.78, 5) is 14.6. The second kappa shape index (κ2) is 7.62. The number of hydrogen-bond acceptors (Lipinski definition) is 2. The molecule has 0 aliphatic carbocycles. The fourth-order valence-electron chi connectivity index (χ4n) is 3.41. The molecule has 1 amide bonds. The Morgan fingerprint density at radius 1 is 0.889 bits per heavy atom. The molecule has 136 valence electrons. The lowest BCUT2D eigenvalue weighted by Gasteiger charge is -2.18. The van der Waals surface area contributed by atoms with Gasteiger partial charge in [0.2, 0.25) is 0 Å². The van der Waals surface area contributed by atoms with Crippen LogP contribution in [-0.4, -0.2) is 12.5 Å². The van der Waals surface area contributed by atoms with E-state index in [1.54, 1.807) is 12.1 Å². The second-order valence-electron chi connectivity index (χ2n) is 6.80. The van der Waals surface area contributed by atoms with Crippen molar-refractivity contribution in [2.24, 2.45) is 0 Å². The predicted octanol–water partition coefficient (Wildman–Crippen LogP) is 4.32. The van der Waals surface area contributed by atoms with Crippen molar-refractivity contribution in [3.8, 4) is 0 Å². The van der Waals surface area contributed by atoms with Gasteiger partial charge in [-0.2, -0.15) is 0 Å². The van der Waals surface area contributed by atoms with Crippen molar-refractivity contribution in [3.05, 3.63) is 101 Å². The van der Waals surface area contributed by atoms with Crippen molar-refractivity contribution in [3.63, 3.8) is 0 Å². The zero-order valence-corrected chi connectivity index (χ0v) is 15.0. The molecule has 3 nitrogen and oxygen atoms in total. The fourth-order valence-corrected chi connectivity index (χ4v) is 3.41. The van der Waals surface area contributed by atoms with Crippen molar-refractivity contribution in [2.75, 3.05) is 11.4 Å². The summed E-state index contributed by atoms with van der Waals surface area (Å²) in [5.41, 5.74) is 5.49. The lowest BCUT2D eigenvalue weighted by Crippen LogP contribution is -2.25. The van der Waals surface area contributed by atoms with Gasteiger partial charge in [0.05, 0.1) is 0 Å². The van der Waals surface area contributed by atoms with Crippen LogP contribution in [0.5, 0.6) is 0 Å². The zero-order chi connectivity index (χ0) is 18.6. The maximum absolute atomic E-state index is 12.9. The molecule has 1 heterocycles. The summed E-state index contributed by atoms with van der Waals surface area (Å²) in [5, 5.41) is 2.92. The van der Waals surface area contributed by atoms with E-state index < -0.39 is 0 Å². The molecule has 0 radical (unpaired) electrons. The van der Waals surface area contributed by atoms with Crippen LogP contribution >= 0.6 is 0 Å². The molecular weight excluding hydrogens is 339 g/mol. The minimum atomic E-state index is -0.246. The third kappa shape index (κ3) is 4.00. The van der Waals surface area contributed by atoms with Crippen molar-refractivity contribution in [1.82, 2.24) is 5.32 Å². The molecule has 1 N–H and O–H groups in total. The summed E-state index contributed by atoms with van der Waals surface area (Å²) in [6.45, 7) is 2.33. The lowest BCUT2D eigenvalue weighted by atomic mass is 10.1. The van der Waals surface area contributed by atoms with Crippen LogP contribution in [0.1, 0.15) is 27.0 Å². The van der Waals surface area contributed by atoms with E-state index in [0.717, 1.165) is 24.3 Å². The summed E-state index contributed by atoms with van der Waals surface area (Å²) < 4.78 is 12.9. The number of nitrogens with zero attached hydrogens (tertiary/aromatic N) is 1. The number of carbonyl (C=O) groups is 1. The van der Waals surface area contributed by atoms with E-state index in [9.17, 15) is 9.18 Å². The van der Waals surface area contributed by atoms with E-state index in [-0.39, 0.29) is 11.7 Å². The summed E-state index contributed by atoms with van der Waals surface area (Å²) in [5.74, 6) is -0.336. The first kappa shape index (κ1) is 17.3. The predicted molar refractivity (Wildman–Crippen MR) is 105 cm³/mol. The maximum Gasteiger partial charge on any atom is 0.251 e. The molecule has 0 saturated carbocycles. The highest BCUT2D eigenvalue weighted by Gasteiger charge is 2.18. The Morgan fingerprint density at radius 2 is 1.52 bits per heavy atom. The molecule has 0 atom stereocenters. The van der Waals surface area contributed by atoms with Crippen LogP contribution in [0, 0.1) is 5.82 Å². The number of fused-ring (bicyclic) bond motifs is 1. The highest BCUT2D eigenvalue weighted by molar-refractivity contribution is 5.94. The number of carbonyl (C=O) groups excluding carboxylic acids is 1. The van der Waals surface area contributed by atoms with Gasteiger partial charge in [-0.05, 0) is 59.5 Å². The molecule has 4 rings (SSSR count). The van der Waals surface area contributed by atoms with Gasteiger partial charge in [0.25, 0.3) is 5.91 Å². The Labute approximate surface area is 158 Å². The molecule has 1 aliphatic heterocycles. The van der Waals surface area contributed by atoms with Crippen LogP contribution in [0.2, 0.25) is 0 Å². The number of rotatable bonds is 5. The Balaban J connectivity index is 1.32. The van der Waals surface area contributed by atoms with Crippen molar-refractivity contribution < 1.29 is 9.18 Å². The van der Waals surface area contributed by atoms with E-state index in [1.807, 2.05) is 24.3 Å². The average Bonchev–Trinajstić information content (AvgIpc) is 3.14. The van der Waals surface area contributed by atoms with E-state index >= 15 is 0 Å². The van der Waals surface area contributed by atoms with Gasteiger partial charge in [0, 0.05) is 30.9 Å². The van der Waals surface area contributed by atoms with Crippen LogP contribution in [0.15, 0.2) is 72.8 Å². The Bertz CT molecular complexity index is 910. The molecule has 0 bridgehead atoms. The van der Waals surface area contributed by atoms with Gasteiger partial charge in [-0.25, -0.2) is 4.39 Å². The molecule has 0 spiro atoms. The highest BCUT2D eigenvalue weighted by atomic mass is 19.1. The van der Waals surface area contributed by atoms with Gasteiger partial charge in [0.15, 0.2) is 0 Å². The number of halogens is 1. The number of hydrogen-bond donors (Lipinski definition) is 1. The van der Waals surface area contributed by atoms with Gasteiger partial charge in [-0.15, -0.1) is 0 Å². The Kier molecular flexibility index (Phi) is 4.88. The molecule has 1 aliphatic rings. The van der Waals surface area contributed by atoms with Crippen LogP contribution in [0.3, 0.4) is 0 Å². The number of amides is 1. The SMILES string of the molecule is O=C(NCCc1ccc(F)cc1)c1ccc(N2Cc3ccccc3C2)cc1. The van der Waals surface area contributed by atoms with Gasteiger partial charge in [-0.1, -0.05) is 36.4 Å². The quantitative estimate of drug-likeness (QED) is 0.735. The van der Waals surface area contributed by atoms with Crippen LogP contribution in [0.25, 0.3) is 0 Å². The minimum Gasteiger partial charge on any atom is -0.363 e. The second-order valence-corrected chi connectivity index (χ2v) is 6.80. The van der Waals surface area contributed by atoms with Gasteiger partial charge in [0.1, 0.15) is 5.82 Å². The molecule has 0 fully saturated rings. The van der Waals surface area contributed by atoms with Crippen molar-refractivity contribution >= 4 is 11.6 Å². The largest absolute Gasteiger partial charge is 0.363 e. The van der Waals surface area contributed by atoms with Gasteiger partial charge in [-0.3, -0.25) is 4.79 Å². The molecule has 27 heavy (non-hydrogen) atoms. The zero-order valence-electron chi connectivity index (χ0n) is 15.0. The third-order valence-electron chi connectivity index (χ3n) is 4.95. The molecular formula is C23H21FN2O. The summed E-state index contributed by atoms with van der Waals surface area (Å²) in [7, 11) is 0. The van der Waals surface area contributed by atoms with E-state index in [2.05, 4.69) is 34.5 Å². The molecule has 0 aromatic heterocycles. The number of anilines is 1. The summed E-state index contributed by atoms with van der Waals surface area (Å²) in [6.07, 6.45) is 0.677. The first-order valence-corrected chi connectivity index (χ1v) is 9.13. The normalized spacial score (nSPS) is 12.7. The van der Waals surface area contributed by atoms with E-state index in [1.165, 1.54) is 23.3 Å². The van der Waals surface area contributed by atoms with Gasteiger partial charge >= 0.3 is 0 Å². The van der Waals surface area contributed by atoms with Crippen molar-refractivity contribution in [2.45, 2.75) is 19.5 Å². The van der Waals surface area contributed by atoms with Crippen LogP contribution in [0.4, 0.5) is 10.1 Å². The summed E-state index contributed by atoms with van der Waals surface area (Å²) in [6, 6.07) is 22.6. The van der Waals surface area contributed by atoms with Crippen LogP contribution < -0.4 is 10.2 Å². The monoisotopic (exact) mass is 360 g/mol. The highest BCUT2D eigenvalue weighted by Crippen LogP contribution is 2.28. The molecule has 0 saturated heterocycles. The average molecular weight is 360 g/mol. The Hall–Kier alpha value is -3.14. The van der Waals surface area contributed by atoms with E-state index in [0.29, 0.717) is 18.5 Å². The smallest absolute Gasteiger partial charge is 0.251 e. The molecule has 3 aromatic rings.